The van der Waals surface area contributed by atoms with Crippen LogP contribution in [0.3, 0.4) is 0 Å². The van der Waals surface area contributed by atoms with Crippen LogP contribution in [0.1, 0.15) is 61.6 Å². The number of hydrogen-bond acceptors (Lipinski definition) is 6. The van der Waals surface area contributed by atoms with Crippen molar-refractivity contribution in [3.8, 4) is 11.4 Å². The van der Waals surface area contributed by atoms with E-state index in [1.54, 1.807) is 19.4 Å². The first-order chi connectivity index (χ1) is 13.0. The topological polar surface area (TPSA) is 86.5 Å². The smallest absolute Gasteiger partial charge is 0.273 e. The summed E-state index contributed by atoms with van der Waals surface area (Å²) in [6, 6.07) is 0.112. The Morgan fingerprint density at radius 1 is 1.04 bits per heavy atom. The molecule has 2 fully saturated rings. The Morgan fingerprint density at radius 2 is 1.81 bits per heavy atom. The number of fused-ring (bicyclic) bond motifs is 1. The van der Waals surface area contributed by atoms with Crippen molar-refractivity contribution in [3.05, 3.63) is 40.0 Å². The lowest BCUT2D eigenvalue weighted by atomic mass is 10.1. The lowest BCUT2D eigenvalue weighted by molar-refractivity contribution is 0.480. The van der Waals surface area contributed by atoms with Gasteiger partial charge in [0.05, 0.1) is 23.1 Å². The van der Waals surface area contributed by atoms with E-state index in [1.807, 2.05) is 11.5 Å². The van der Waals surface area contributed by atoms with Gasteiger partial charge in [0.2, 0.25) is 0 Å². The molecule has 0 unspecified atom stereocenters. The van der Waals surface area contributed by atoms with Crippen molar-refractivity contribution in [2.75, 3.05) is 0 Å². The van der Waals surface area contributed by atoms with E-state index in [9.17, 15) is 4.79 Å². The summed E-state index contributed by atoms with van der Waals surface area (Å²) in [4.78, 5) is 35.6. The minimum absolute atomic E-state index is 0.0602. The molecule has 2 aliphatic rings. The molecule has 5 rings (SSSR count). The van der Waals surface area contributed by atoms with Crippen LogP contribution < -0.4 is 5.56 Å². The molecule has 0 spiro atoms. The summed E-state index contributed by atoms with van der Waals surface area (Å²) < 4.78 is 1.82. The second-order valence-electron chi connectivity index (χ2n) is 7.85. The fraction of sp³-hybridized carbons (Fsp3) is 0.500. The SMILES string of the molecule is Cc1ncnc(C2CC2)c1-c1ncc2nc(C)c(=O)n([C@@H](C)C3CC3)c2n1. The third kappa shape index (κ3) is 2.72. The molecule has 3 heterocycles. The van der Waals surface area contributed by atoms with Crippen molar-refractivity contribution in [3.63, 3.8) is 0 Å². The molecule has 7 heteroatoms. The van der Waals surface area contributed by atoms with Gasteiger partial charge in [-0.3, -0.25) is 9.36 Å². The Kier molecular flexibility index (Phi) is 3.60. The van der Waals surface area contributed by atoms with E-state index in [0.717, 1.165) is 42.6 Å². The monoisotopic (exact) mass is 362 g/mol. The van der Waals surface area contributed by atoms with E-state index >= 15 is 0 Å². The Bertz CT molecular complexity index is 1110. The second kappa shape index (κ2) is 5.90. The predicted octanol–water partition coefficient (Wildman–Crippen LogP) is 3.11. The van der Waals surface area contributed by atoms with E-state index in [0.29, 0.717) is 34.5 Å². The summed E-state index contributed by atoms with van der Waals surface area (Å²) in [5, 5.41) is 0. The minimum Gasteiger partial charge on any atom is -0.287 e. The fourth-order valence-electron chi connectivity index (χ4n) is 3.84. The van der Waals surface area contributed by atoms with Gasteiger partial charge < -0.3 is 0 Å². The second-order valence-corrected chi connectivity index (χ2v) is 7.85. The summed E-state index contributed by atoms with van der Waals surface area (Å²) in [6.45, 7) is 5.82. The van der Waals surface area contributed by atoms with Gasteiger partial charge in [0, 0.05) is 12.0 Å². The van der Waals surface area contributed by atoms with Crippen LogP contribution in [-0.2, 0) is 0 Å². The van der Waals surface area contributed by atoms with Crippen molar-refractivity contribution in [1.82, 2.24) is 29.5 Å². The third-order valence-electron chi connectivity index (χ3n) is 5.76. The van der Waals surface area contributed by atoms with Crippen LogP contribution >= 0.6 is 0 Å². The third-order valence-corrected chi connectivity index (χ3v) is 5.76. The number of nitrogens with zero attached hydrogens (tertiary/aromatic N) is 6. The average Bonchev–Trinajstić information content (AvgIpc) is 3.55. The summed E-state index contributed by atoms with van der Waals surface area (Å²) in [7, 11) is 0. The molecule has 0 bridgehead atoms. The van der Waals surface area contributed by atoms with Crippen LogP contribution in [0.2, 0.25) is 0 Å². The Balaban J connectivity index is 1.76. The molecular formula is C20H22N6O. The van der Waals surface area contributed by atoms with Crippen molar-refractivity contribution in [1.29, 1.82) is 0 Å². The van der Waals surface area contributed by atoms with Crippen LogP contribution in [0.15, 0.2) is 17.3 Å². The van der Waals surface area contributed by atoms with Gasteiger partial charge in [-0.2, -0.15) is 0 Å². The Hall–Kier alpha value is -2.70. The zero-order valence-corrected chi connectivity index (χ0v) is 15.8. The molecule has 2 aliphatic carbocycles. The van der Waals surface area contributed by atoms with Gasteiger partial charge in [-0.1, -0.05) is 0 Å². The molecule has 0 amide bonds. The average molecular weight is 362 g/mol. The molecule has 0 saturated heterocycles. The van der Waals surface area contributed by atoms with E-state index in [2.05, 4.69) is 26.9 Å². The molecule has 27 heavy (non-hydrogen) atoms. The predicted molar refractivity (Wildman–Crippen MR) is 102 cm³/mol. The molecule has 7 nitrogen and oxygen atoms in total. The van der Waals surface area contributed by atoms with Crippen molar-refractivity contribution in [2.45, 2.75) is 58.4 Å². The number of hydrogen-bond donors (Lipinski definition) is 0. The summed E-state index contributed by atoms with van der Waals surface area (Å²) in [6.07, 6.45) is 7.94. The van der Waals surface area contributed by atoms with Gasteiger partial charge in [0.1, 0.15) is 17.5 Å². The van der Waals surface area contributed by atoms with Gasteiger partial charge >= 0.3 is 0 Å². The first-order valence-electron chi connectivity index (χ1n) is 9.62. The quantitative estimate of drug-likeness (QED) is 0.709. The van der Waals surface area contributed by atoms with Crippen molar-refractivity contribution in [2.24, 2.45) is 5.92 Å². The van der Waals surface area contributed by atoms with Gasteiger partial charge in [0.15, 0.2) is 11.5 Å². The summed E-state index contributed by atoms with van der Waals surface area (Å²) in [5.41, 5.74) is 4.49. The molecular weight excluding hydrogens is 340 g/mol. The zero-order chi connectivity index (χ0) is 18.7. The maximum atomic E-state index is 12.9. The van der Waals surface area contributed by atoms with E-state index < -0.39 is 0 Å². The fourth-order valence-corrected chi connectivity index (χ4v) is 3.84. The highest BCUT2D eigenvalue weighted by Gasteiger charge is 2.32. The molecule has 0 N–H and O–H groups in total. The molecule has 0 radical (unpaired) electrons. The van der Waals surface area contributed by atoms with E-state index in [-0.39, 0.29) is 11.6 Å². The number of rotatable bonds is 4. The van der Waals surface area contributed by atoms with Crippen molar-refractivity contribution >= 4 is 11.2 Å². The normalized spacial score (nSPS) is 18.0. The van der Waals surface area contributed by atoms with Crippen LogP contribution in [0.25, 0.3) is 22.6 Å². The highest BCUT2D eigenvalue weighted by Crippen LogP contribution is 2.43. The lowest BCUT2D eigenvalue weighted by Crippen LogP contribution is -2.28. The van der Waals surface area contributed by atoms with Gasteiger partial charge in [0.25, 0.3) is 5.56 Å². The van der Waals surface area contributed by atoms with Gasteiger partial charge in [-0.15, -0.1) is 0 Å². The maximum absolute atomic E-state index is 12.9. The maximum Gasteiger partial charge on any atom is 0.273 e. The van der Waals surface area contributed by atoms with Crippen LogP contribution in [0, 0.1) is 19.8 Å². The highest BCUT2D eigenvalue weighted by atomic mass is 16.1. The highest BCUT2D eigenvalue weighted by molar-refractivity contribution is 5.74. The van der Waals surface area contributed by atoms with Crippen LogP contribution in [0.4, 0.5) is 0 Å². The van der Waals surface area contributed by atoms with Crippen molar-refractivity contribution < 1.29 is 0 Å². The van der Waals surface area contributed by atoms with E-state index in [1.165, 1.54) is 0 Å². The number of aryl methyl sites for hydroxylation is 2. The molecule has 3 aromatic rings. The number of aromatic nitrogens is 6. The summed E-state index contributed by atoms with van der Waals surface area (Å²) in [5.74, 6) is 1.59. The van der Waals surface area contributed by atoms with Crippen LogP contribution in [0.5, 0.6) is 0 Å². The van der Waals surface area contributed by atoms with Crippen LogP contribution in [-0.4, -0.2) is 29.5 Å². The first kappa shape index (κ1) is 16.5. The largest absolute Gasteiger partial charge is 0.287 e. The van der Waals surface area contributed by atoms with Gasteiger partial charge in [-0.25, -0.2) is 24.9 Å². The molecule has 0 aromatic carbocycles. The molecule has 1 atom stereocenters. The minimum atomic E-state index is -0.0602. The Morgan fingerprint density at radius 3 is 2.52 bits per heavy atom. The Labute approximate surface area is 156 Å². The standard InChI is InChI=1S/C20H22N6O/c1-10-16(17(14-6-7-14)23-9-22-10)18-21-8-15-19(25-18)26(12(3)13-4-5-13)20(27)11(2)24-15/h8-9,12-14H,4-7H2,1-3H3/t12-/m0/s1. The van der Waals surface area contributed by atoms with E-state index in [4.69, 9.17) is 4.98 Å². The molecule has 3 aromatic heterocycles. The molecule has 0 aliphatic heterocycles. The first-order valence-corrected chi connectivity index (χ1v) is 9.62. The summed E-state index contributed by atoms with van der Waals surface area (Å²) >= 11 is 0. The zero-order valence-electron chi connectivity index (χ0n) is 15.8. The molecule has 2 saturated carbocycles. The molecule has 138 valence electrons. The lowest BCUT2D eigenvalue weighted by Gasteiger charge is -2.18. The van der Waals surface area contributed by atoms with Gasteiger partial charge in [-0.05, 0) is 52.4 Å².